The van der Waals surface area contributed by atoms with Crippen molar-refractivity contribution in [1.82, 2.24) is 14.1 Å². The van der Waals surface area contributed by atoms with Crippen molar-refractivity contribution in [3.63, 3.8) is 0 Å². The first kappa shape index (κ1) is 24.7. The van der Waals surface area contributed by atoms with E-state index in [0.717, 1.165) is 47.2 Å². The normalized spacial score (nSPS) is 20.5. The molecule has 2 aliphatic heterocycles. The van der Waals surface area contributed by atoms with E-state index in [1.807, 2.05) is 41.5 Å². The minimum Gasteiger partial charge on any atom is -0.342 e. The molecule has 1 aromatic rings. The Balaban J connectivity index is 1.72. The number of piperazine rings is 1. The van der Waals surface area contributed by atoms with Gasteiger partial charge in [0.1, 0.15) is 0 Å². The lowest BCUT2D eigenvalue weighted by molar-refractivity contribution is -0.141. The molecule has 0 radical (unpaired) electrons. The van der Waals surface area contributed by atoms with Crippen LogP contribution in [0.5, 0.6) is 0 Å². The minimum absolute atomic E-state index is 0.0463. The lowest BCUT2D eigenvalue weighted by atomic mass is 9.95. The van der Waals surface area contributed by atoms with Crippen LogP contribution in [0, 0.1) is 40.5 Å². The number of benzene rings is 1. The van der Waals surface area contributed by atoms with Gasteiger partial charge in [-0.25, -0.2) is 8.42 Å². The summed E-state index contributed by atoms with van der Waals surface area (Å²) >= 11 is 0. The van der Waals surface area contributed by atoms with Gasteiger partial charge in [0.25, 0.3) is 0 Å². The summed E-state index contributed by atoms with van der Waals surface area (Å²) < 4.78 is 28.6. The third-order valence-corrected chi connectivity index (χ3v) is 9.68. The Kier molecular flexibility index (Phi) is 7.34. The molecule has 0 N–H and O–H groups in total. The predicted octanol–water partition coefficient (Wildman–Crippen LogP) is 2.71. The first-order valence-corrected chi connectivity index (χ1v) is 13.1. The van der Waals surface area contributed by atoms with Crippen LogP contribution in [0.4, 0.5) is 0 Å². The molecule has 178 valence electrons. The maximum atomic E-state index is 13.6. The van der Waals surface area contributed by atoms with Crippen LogP contribution < -0.4 is 0 Å². The SMILES string of the molecule is CCC(=O)N1CCCC(C(=O)N2CCN(S(=O)(=O)c3c(C)c(C)c(C)c(C)c3C)CC2)C1. The van der Waals surface area contributed by atoms with Gasteiger partial charge in [-0.1, -0.05) is 6.92 Å². The third kappa shape index (κ3) is 4.44. The molecule has 32 heavy (non-hydrogen) atoms. The fourth-order valence-electron chi connectivity index (χ4n) is 5.02. The number of sulfonamides is 1. The fraction of sp³-hybridized carbons (Fsp3) is 0.667. The zero-order valence-corrected chi connectivity index (χ0v) is 21.1. The van der Waals surface area contributed by atoms with Crippen molar-refractivity contribution < 1.29 is 18.0 Å². The van der Waals surface area contributed by atoms with Gasteiger partial charge < -0.3 is 9.80 Å². The topological polar surface area (TPSA) is 78.0 Å². The Morgan fingerprint density at radius 2 is 1.34 bits per heavy atom. The monoisotopic (exact) mass is 463 g/mol. The first-order chi connectivity index (χ1) is 15.0. The molecule has 2 heterocycles. The molecule has 7 nitrogen and oxygen atoms in total. The van der Waals surface area contributed by atoms with Crippen molar-refractivity contribution >= 4 is 21.8 Å². The molecule has 2 aliphatic rings. The van der Waals surface area contributed by atoms with Gasteiger partial charge >= 0.3 is 0 Å². The summed E-state index contributed by atoms with van der Waals surface area (Å²) in [5, 5.41) is 0. The summed E-state index contributed by atoms with van der Waals surface area (Å²) in [6, 6.07) is 0. The van der Waals surface area contributed by atoms with E-state index in [9.17, 15) is 18.0 Å². The van der Waals surface area contributed by atoms with E-state index in [2.05, 4.69) is 0 Å². The lowest BCUT2D eigenvalue weighted by Gasteiger charge is -2.39. The molecule has 0 bridgehead atoms. The van der Waals surface area contributed by atoms with Crippen LogP contribution in [0.3, 0.4) is 0 Å². The second-order valence-corrected chi connectivity index (χ2v) is 11.1. The molecule has 2 saturated heterocycles. The molecule has 0 saturated carbocycles. The van der Waals surface area contributed by atoms with Gasteiger partial charge in [0, 0.05) is 45.7 Å². The van der Waals surface area contributed by atoms with Crippen LogP contribution >= 0.6 is 0 Å². The van der Waals surface area contributed by atoms with Crippen LogP contribution in [-0.4, -0.2) is 73.6 Å². The summed E-state index contributed by atoms with van der Waals surface area (Å²) in [6.07, 6.45) is 2.07. The van der Waals surface area contributed by atoms with E-state index >= 15 is 0 Å². The van der Waals surface area contributed by atoms with E-state index in [4.69, 9.17) is 0 Å². The molecule has 8 heteroatoms. The number of nitrogens with zero attached hydrogens (tertiary/aromatic N) is 3. The molecular weight excluding hydrogens is 426 g/mol. The minimum atomic E-state index is -3.64. The molecule has 2 amide bonds. The van der Waals surface area contributed by atoms with E-state index in [-0.39, 0.29) is 17.7 Å². The quantitative estimate of drug-likeness (QED) is 0.688. The highest BCUT2D eigenvalue weighted by Gasteiger charge is 2.36. The summed E-state index contributed by atoms with van der Waals surface area (Å²) in [5.41, 5.74) is 4.80. The zero-order valence-electron chi connectivity index (χ0n) is 20.3. The van der Waals surface area contributed by atoms with Gasteiger partial charge in [-0.3, -0.25) is 9.59 Å². The van der Waals surface area contributed by atoms with Crippen LogP contribution in [0.25, 0.3) is 0 Å². The van der Waals surface area contributed by atoms with Gasteiger partial charge in [-0.05, 0) is 75.3 Å². The predicted molar refractivity (Wildman–Crippen MR) is 125 cm³/mol. The summed E-state index contributed by atoms with van der Waals surface area (Å²) in [5.74, 6) is -0.0489. The number of carbonyl (C=O) groups is 2. The lowest BCUT2D eigenvalue weighted by Crippen LogP contribution is -2.54. The highest BCUT2D eigenvalue weighted by Crippen LogP contribution is 2.32. The molecule has 1 atom stereocenters. The van der Waals surface area contributed by atoms with Crippen molar-refractivity contribution in [1.29, 1.82) is 0 Å². The second-order valence-electron chi connectivity index (χ2n) is 9.22. The highest BCUT2D eigenvalue weighted by molar-refractivity contribution is 7.89. The largest absolute Gasteiger partial charge is 0.342 e. The van der Waals surface area contributed by atoms with Crippen molar-refractivity contribution in [2.24, 2.45) is 5.92 Å². The Morgan fingerprint density at radius 1 is 0.812 bits per heavy atom. The number of likely N-dealkylation sites (tertiary alicyclic amines) is 1. The van der Waals surface area contributed by atoms with Crippen molar-refractivity contribution in [3.8, 4) is 0 Å². The molecule has 0 aromatic heterocycles. The first-order valence-electron chi connectivity index (χ1n) is 11.6. The van der Waals surface area contributed by atoms with E-state index in [1.54, 1.807) is 9.80 Å². The molecule has 1 aromatic carbocycles. The Morgan fingerprint density at radius 3 is 1.88 bits per heavy atom. The third-order valence-electron chi connectivity index (χ3n) is 7.51. The highest BCUT2D eigenvalue weighted by atomic mass is 32.2. The standard InChI is InChI=1S/C24H37N3O4S/c1-7-22(28)26-10-8-9-21(15-26)24(29)25-11-13-27(14-12-25)32(30,31)23-19(5)17(3)16(2)18(4)20(23)6/h21H,7-15H2,1-6H3. The summed E-state index contributed by atoms with van der Waals surface area (Å²) in [7, 11) is -3.64. The zero-order chi connectivity index (χ0) is 23.8. The number of hydrogen-bond acceptors (Lipinski definition) is 4. The van der Waals surface area contributed by atoms with E-state index in [1.165, 1.54) is 4.31 Å². The van der Waals surface area contributed by atoms with Crippen molar-refractivity contribution in [2.45, 2.75) is 65.7 Å². The smallest absolute Gasteiger partial charge is 0.243 e. The fourth-order valence-corrected chi connectivity index (χ4v) is 7.00. The molecule has 3 rings (SSSR count). The van der Waals surface area contributed by atoms with E-state index in [0.29, 0.717) is 44.0 Å². The van der Waals surface area contributed by atoms with Gasteiger partial charge in [-0.15, -0.1) is 0 Å². The van der Waals surface area contributed by atoms with Crippen LogP contribution in [0.2, 0.25) is 0 Å². The van der Waals surface area contributed by atoms with Gasteiger partial charge in [-0.2, -0.15) is 4.31 Å². The number of rotatable bonds is 4. The Hall–Kier alpha value is -1.93. The Labute approximate surface area is 192 Å². The number of carbonyl (C=O) groups excluding carboxylic acids is 2. The van der Waals surface area contributed by atoms with Crippen LogP contribution in [-0.2, 0) is 19.6 Å². The molecule has 0 spiro atoms. The Bertz CT molecular complexity index is 982. The average Bonchev–Trinajstić information content (AvgIpc) is 2.80. The van der Waals surface area contributed by atoms with Gasteiger partial charge in [0.05, 0.1) is 10.8 Å². The van der Waals surface area contributed by atoms with Crippen molar-refractivity contribution in [3.05, 3.63) is 27.8 Å². The van der Waals surface area contributed by atoms with Gasteiger partial charge in [0.2, 0.25) is 21.8 Å². The molecule has 1 unspecified atom stereocenters. The van der Waals surface area contributed by atoms with Crippen LogP contribution in [0.15, 0.2) is 4.90 Å². The van der Waals surface area contributed by atoms with Crippen LogP contribution in [0.1, 0.15) is 54.0 Å². The van der Waals surface area contributed by atoms with E-state index < -0.39 is 10.0 Å². The second kappa shape index (κ2) is 9.51. The van der Waals surface area contributed by atoms with Gasteiger partial charge in [0.15, 0.2) is 0 Å². The molecule has 0 aliphatic carbocycles. The number of piperidine rings is 1. The maximum Gasteiger partial charge on any atom is 0.243 e. The summed E-state index contributed by atoms with van der Waals surface area (Å²) in [4.78, 5) is 29.1. The molecular formula is C24H37N3O4S. The maximum absolute atomic E-state index is 13.6. The summed E-state index contributed by atoms with van der Waals surface area (Å²) in [6.45, 7) is 14.2. The molecule has 2 fully saturated rings. The average molecular weight is 464 g/mol. The number of amides is 2. The van der Waals surface area contributed by atoms with Crippen molar-refractivity contribution in [2.75, 3.05) is 39.3 Å². The number of hydrogen-bond donors (Lipinski definition) is 0.